The van der Waals surface area contributed by atoms with Gasteiger partial charge in [0.2, 0.25) is 11.8 Å². The second-order valence-electron chi connectivity index (χ2n) is 6.70. The highest BCUT2D eigenvalue weighted by atomic mass is 32.2. The molecule has 0 radical (unpaired) electrons. The van der Waals surface area contributed by atoms with Crippen LogP contribution in [0, 0.1) is 36.5 Å². The lowest BCUT2D eigenvalue weighted by Crippen LogP contribution is -2.05. The van der Waals surface area contributed by atoms with Crippen molar-refractivity contribution >= 4 is 29.4 Å². The van der Waals surface area contributed by atoms with E-state index < -0.39 is 0 Å². The molecular weight excluding hydrogens is 426 g/mol. The van der Waals surface area contributed by atoms with E-state index in [1.807, 2.05) is 13.8 Å². The number of rotatable bonds is 7. The summed E-state index contributed by atoms with van der Waals surface area (Å²) in [6, 6.07) is 14.5. The van der Waals surface area contributed by atoms with Gasteiger partial charge in [0.25, 0.3) is 0 Å². The molecule has 160 valence electrons. The molecule has 0 unspecified atom stereocenters. The first-order valence-corrected chi connectivity index (χ1v) is 10.4. The van der Waals surface area contributed by atoms with E-state index in [-0.39, 0.29) is 23.6 Å². The zero-order valence-electron chi connectivity index (χ0n) is 17.7. The van der Waals surface area contributed by atoms with E-state index in [4.69, 9.17) is 14.7 Å². The van der Waals surface area contributed by atoms with Crippen LogP contribution in [0.25, 0.3) is 0 Å². The van der Waals surface area contributed by atoms with Gasteiger partial charge in [-0.15, -0.1) is 11.8 Å². The van der Waals surface area contributed by atoms with Crippen molar-refractivity contribution in [2.75, 3.05) is 18.2 Å². The van der Waals surface area contributed by atoms with E-state index in [1.165, 1.54) is 18.9 Å². The lowest BCUT2D eigenvalue weighted by atomic mass is 10.1. The molecule has 3 rings (SSSR count). The molecule has 3 aromatic rings. The van der Waals surface area contributed by atoms with Crippen molar-refractivity contribution in [3.05, 3.63) is 64.8 Å². The molecule has 9 heteroatoms. The number of nitrogens with zero attached hydrogens (tertiary/aromatic N) is 4. The van der Waals surface area contributed by atoms with Gasteiger partial charge in [0.05, 0.1) is 41.0 Å². The SMILES string of the molecule is COC(=O)CSc1cnc(Nc2ccc(C#N)cc2)nc1Oc1c(C)cc(C#N)cc1C. The molecule has 0 fully saturated rings. The second kappa shape index (κ2) is 10.3. The van der Waals surface area contributed by atoms with Crippen molar-refractivity contribution in [3.8, 4) is 23.8 Å². The molecule has 0 saturated heterocycles. The molecule has 0 aliphatic carbocycles. The summed E-state index contributed by atoms with van der Waals surface area (Å²) < 4.78 is 10.8. The van der Waals surface area contributed by atoms with Crippen molar-refractivity contribution in [3.63, 3.8) is 0 Å². The molecule has 1 heterocycles. The first kappa shape index (κ1) is 22.6. The molecule has 0 saturated carbocycles. The monoisotopic (exact) mass is 445 g/mol. The normalized spacial score (nSPS) is 10.0. The maximum Gasteiger partial charge on any atom is 0.315 e. The Morgan fingerprint density at radius 1 is 1.09 bits per heavy atom. The van der Waals surface area contributed by atoms with Gasteiger partial charge in [-0.3, -0.25) is 4.79 Å². The Morgan fingerprint density at radius 3 is 2.34 bits per heavy atom. The zero-order valence-corrected chi connectivity index (χ0v) is 18.5. The molecule has 1 aromatic heterocycles. The van der Waals surface area contributed by atoms with Crippen LogP contribution in [0.2, 0.25) is 0 Å². The number of aromatic nitrogens is 2. The summed E-state index contributed by atoms with van der Waals surface area (Å²) in [5, 5.41) is 21.2. The molecular formula is C23H19N5O3S. The van der Waals surface area contributed by atoms with Gasteiger partial charge >= 0.3 is 5.97 Å². The Bertz CT molecular complexity index is 1210. The Balaban J connectivity index is 1.94. The van der Waals surface area contributed by atoms with E-state index in [0.717, 1.165) is 11.1 Å². The van der Waals surface area contributed by atoms with Crippen LogP contribution in [-0.4, -0.2) is 28.8 Å². The topological polar surface area (TPSA) is 121 Å². The number of hydrogen-bond donors (Lipinski definition) is 1. The lowest BCUT2D eigenvalue weighted by molar-refractivity contribution is -0.137. The maximum atomic E-state index is 11.6. The molecule has 0 aliphatic rings. The van der Waals surface area contributed by atoms with E-state index in [9.17, 15) is 10.1 Å². The minimum absolute atomic E-state index is 0.0734. The Morgan fingerprint density at radius 2 is 1.75 bits per heavy atom. The molecule has 32 heavy (non-hydrogen) atoms. The standard InChI is InChI=1S/C23H19N5O3S/c1-14-8-17(11-25)9-15(2)21(14)31-22-19(32-13-20(29)30-3)12-26-23(28-22)27-18-6-4-16(10-24)5-7-18/h4-9,12H,13H2,1-3H3,(H,26,27,28). The van der Waals surface area contributed by atoms with Gasteiger partial charge in [0.1, 0.15) is 5.75 Å². The predicted octanol–water partition coefficient (Wildman–Crippen LogP) is 4.64. The third kappa shape index (κ3) is 5.54. The first-order chi connectivity index (χ1) is 15.4. The number of benzene rings is 2. The number of carbonyl (C=O) groups excluding carboxylic acids is 1. The van der Waals surface area contributed by atoms with Gasteiger partial charge < -0.3 is 14.8 Å². The summed E-state index contributed by atoms with van der Waals surface area (Å²) in [5.41, 5.74) is 3.35. The largest absolute Gasteiger partial charge is 0.468 e. The van der Waals surface area contributed by atoms with Crippen LogP contribution in [0.1, 0.15) is 22.3 Å². The Labute approximate surface area is 189 Å². The van der Waals surface area contributed by atoms with Crippen LogP contribution in [-0.2, 0) is 9.53 Å². The zero-order chi connectivity index (χ0) is 23.1. The Hall–Kier alpha value is -4.08. The number of ether oxygens (including phenoxy) is 2. The van der Waals surface area contributed by atoms with E-state index >= 15 is 0 Å². The fourth-order valence-corrected chi connectivity index (χ4v) is 3.54. The number of esters is 1. The molecule has 0 amide bonds. The minimum atomic E-state index is -0.383. The second-order valence-corrected chi connectivity index (χ2v) is 7.71. The number of hydrogen-bond acceptors (Lipinski definition) is 9. The van der Waals surface area contributed by atoms with Crippen LogP contribution >= 0.6 is 11.8 Å². The van der Waals surface area contributed by atoms with Gasteiger partial charge in [-0.25, -0.2) is 4.98 Å². The smallest absolute Gasteiger partial charge is 0.315 e. The molecule has 2 aromatic carbocycles. The summed E-state index contributed by atoms with van der Waals surface area (Å²) in [4.78, 5) is 21.0. The number of thioether (sulfide) groups is 1. The van der Waals surface area contributed by atoms with Gasteiger partial charge in [0.15, 0.2) is 0 Å². The van der Waals surface area contributed by atoms with Crippen LogP contribution in [0.15, 0.2) is 47.5 Å². The third-order valence-electron chi connectivity index (χ3n) is 4.35. The van der Waals surface area contributed by atoms with Crippen LogP contribution in [0.4, 0.5) is 11.6 Å². The quantitative estimate of drug-likeness (QED) is 0.409. The highest BCUT2D eigenvalue weighted by Crippen LogP contribution is 2.35. The number of methoxy groups -OCH3 is 1. The molecule has 0 aliphatic heterocycles. The molecule has 0 bridgehead atoms. The summed E-state index contributed by atoms with van der Waals surface area (Å²) in [6.45, 7) is 3.70. The minimum Gasteiger partial charge on any atom is -0.468 e. The lowest BCUT2D eigenvalue weighted by Gasteiger charge is -2.15. The van der Waals surface area contributed by atoms with E-state index in [2.05, 4.69) is 27.4 Å². The molecule has 1 N–H and O–H groups in total. The molecule has 0 spiro atoms. The van der Waals surface area contributed by atoms with Crippen LogP contribution in [0.3, 0.4) is 0 Å². The number of anilines is 2. The van der Waals surface area contributed by atoms with Gasteiger partial charge in [-0.1, -0.05) is 0 Å². The van der Waals surface area contributed by atoms with Crippen molar-refractivity contribution < 1.29 is 14.3 Å². The van der Waals surface area contributed by atoms with Crippen molar-refractivity contribution in [2.24, 2.45) is 0 Å². The molecule has 8 nitrogen and oxygen atoms in total. The van der Waals surface area contributed by atoms with Crippen molar-refractivity contribution in [2.45, 2.75) is 18.7 Å². The number of nitrogens with one attached hydrogen (secondary N) is 1. The van der Waals surface area contributed by atoms with E-state index in [1.54, 1.807) is 42.6 Å². The Kier molecular flexibility index (Phi) is 7.27. The number of carbonyl (C=O) groups is 1. The third-order valence-corrected chi connectivity index (χ3v) is 5.32. The van der Waals surface area contributed by atoms with Crippen molar-refractivity contribution in [1.29, 1.82) is 10.5 Å². The summed E-state index contributed by atoms with van der Waals surface area (Å²) in [5.74, 6) is 0.819. The summed E-state index contributed by atoms with van der Waals surface area (Å²) in [7, 11) is 1.32. The predicted molar refractivity (Wildman–Crippen MR) is 120 cm³/mol. The first-order valence-electron chi connectivity index (χ1n) is 9.46. The summed E-state index contributed by atoms with van der Waals surface area (Å²) >= 11 is 1.20. The number of nitriles is 2. The number of aryl methyl sites for hydroxylation is 2. The van der Waals surface area contributed by atoms with Crippen molar-refractivity contribution in [1.82, 2.24) is 9.97 Å². The highest BCUT2D eigenvalue weighted by Gasteiger charge is 2.16. The average Bonchev–Trinajstić information content (AvgIpc) is 2.80. The fourth-order valence-electron chi connectivity index (χ4n) is 2.81. The van der Waals surface area contributed by atoms with Gasteiger partial charge in [0, 0.05) is 11.9 Å². The average molecular weight is 446 g/mol. The summed E-state index contributed by atoms with van der Waals surface area (Å²) in [6.07, 6.45) is 1.57. The van der Waals surface area contributed by atoms with E-state index in [0.29, 0.717) is 27.5 Å². The van der Waals surface area contributed by atoms with Crippen LogP contribution < -0.4 is 10.1 Å². The highest BCUT2D eigenvalue weighted by molar-refractivity contribution is 8.00. The molecule has 0 atom stereocenters. The van der Waals surface area contributed by atoms with Crippen LogP contribution in [0.5, 0.6) is 11.6 Å². The van der Waals surface area contributed by atoms with Gasteiger partial charge in [-0.05, 0) is 61.4 Å². The fraction of sp³-hybridized carbons (Fsp3) is 0.174. The maximum absolute atomic E-state index is 11.6. The van der Waals surface area contributed by atoms with Gasteiger partial charge in [-0.2, -0.15) is 15.5 Å².